The van der Waals surface area contributed by atoms with E-state index in [0.29, 0.717) is 27.0 Å². The van der Waals surface area contributed by atoms with Gasteiger partial charge in [-0.05, 0) is 72.8 Å². The van der Waals surface area contributed by atoms with Crippen LogP contribution in [0.25, 0.3) is 0 Å². The van der Waals surface area contributed by atoms with E-state index in [1.54, 1.807) is 48.5 Å². The van der Waals surface area contributed by atoms with Gasteiger partial charge in [-0.1, -0.05) is 23.2 Å². The Bertz CT molecular complexity index is 1050. The third-order valence-electron chi connectivity index (χ3n) is 3.63. The first-order valence-electron chi connectivity index (χ1n) is 7.79. The van der Waals surface area contributed by atoms with Crippen LogP contribution in [0.1, 0.15) is 10.4 Å². The van der Waals surface area contributed by atoms with Crippen LogP contribution in [-0.4, -0.2) is 14.3 Å². The van der Waals surface area contributed by atoms with Crippen LogP contribution in [0.2, 0.25) is 10.0 Å². The second-order valence-corrected chi connectivity index (χ2v) is 8.15. The van der Waals surface area contributed by atoms with E-state index >= 15 is 0 Å². The predicted molar refractivity (Wildman–Crippen MR) is 108 cm³/mol. The van der Waals surface area contributed by atoms with Crippen molar-refractivity contribution in [2.45, 2.75) is 4.90 Å². The van der Waals surface area contributed by atoms with Crippen LogP contribution < -0.4 is 10.0 Å². The van der Waals surface area contributed by atoms with Crippen molar-refractivity contribution in [2.75, 3.05) is 10.0 Å². The van der Waals surface area contributed by atoms with Crippen molar-refractivity contribution >= 4 is 50.5 Å². The Morgan fingerprint density at radius 3 is 1.70 bits per heavy atom. The molecule has 0 bridgehead atoms. The van der Waals surface area contributed by atoms with Gasteiger partial charge in [-0.15, -0.1) is 0 Å². The molecule has 1 amide bonds. The molecule has 27 heavy (non-hydrogen) atoms. The molecule has 0 aliphatic rings. The molecule has 3 rings (SSSR count). The number of anilines is 2. The summed E-state index contributed by atoms with van der Waals surface area (Å²) in [5, 5.41) is 3.79. The topological polar surface area (TPSA) is 75.3 Å². The van der Waals surface area contributed by atoms with E-state index < -0.39 is 10.0 Å². The Labute approximate surface area is 167 Å². The molecular formula is C19H14Cl2N2O3S. The summed E-state index contributed by atoms with van der Waals surface area (Å²) in [6.45, 7) is 0. The van der Waals surface area contributed by atoms with Gasteiger partial charge < -0.3 is 5.32 Å². The zero-order valence-corrected chi connectivity index (χ0v) is 16.1. The molecule has 0 heterocycles. The lowest BCUT2D eigenvalue weighted by molar-refractivity contribution is 0.102. The van der Waals surface area contributed by atoms with Gasteiger partial charge in [0.1, 0.15) is 0 Å². The number of rotatable bonds is 5. The minimum Gasteiger partial charge on any atom is -0.322 e. The Morgan fingerprint density at radius 1 is 0.704 bits per heavy atom. The fourth-order valence-electron chi connectivity index (χ4n) is 2.25. The molecule has 0 saturated heterocycles. The molecule has 0 aliphatic carbocycles. The second-order valence-electron chi connectivity index (χ2n) is 5.60. The third-order valence-corrected chi connectivity index (χ3v) is 5.53. The van der Waals surface area contributed by atoms with Crippen molar-refractivity contribution in [3.05, 3.63) is 88.4 Å². The van der Waals surface area contributed by atoms with Crippen molar-refractivity contribution in [2.24, 2.45) is 0 Å². The van der Waals surface area contributed by atoms with Crippen LogP contribution in [-0.2, 0) is 10.0 Å². The lowest BCUT2D eigenvalue weighted by Gasteiger charge is -2.09. The maximum Gasteiger partial charge on any atom is 0.261 e. The van der Waals surface area contributed by atoms with Crippen molar-refractivity contribution < 1.29 is 13.2 Å². The summed E-state index contributed by atoms with van der Waals surface area (Å²) in [7, 11) is -3.77. The summed E-state index contributed by atoms with van der Waals surface area (Å²) in [4.78, 5) is 12.3. The van der Waals surface area contributed by atoms with Crippen LogP contribution in [0.15, 0.2) is 77.7 Å². The quantitative estimate of drug-likeness (QED) is 0.606. The molecule has 0 spiro atoms. The Morgan fingerprint density at radius 2 is 1.19 bits per heavy atom. The molecule has 5 nitrogen and oxygen atoms in total. The number of carbonyl (C=O) groups is 1. The number of halogens is 2. The van der Waals surface area contributed by atoms with Crippen LogP contribution in [0.4, 0.5) is 11.4 Å². The molecule has 2 N–H and O–H groups in total. The first-order valence-corrected chi connectivity index (χ1v) is 10.0. The minimum absolute atomic E-state index is 0.0421. The molecule has 138 valence electrons. The highest BCUT2D eigenvalue weighted by Crippen LogP contribution is 2.19. The number of sulfonamides is 1. The predicted octanol–water partition coefficient (Wildman–Crippen LogP) is 5.05. The van der Waals surface area contributed by atoms with Gasteiger partial charge in [-0.3, -0.25) is 9.52 Å². The lowest BCUT2D eigenvalue weighted by atomic mass is 10.2. The summed E-state index contributed by atoms with van der Waals surface area (Å²) >= 11 is 11.6. The summed E-state index contributed by atoms with van der Waals surface area (Å²) in [6.07, 6.45) is 0. The van der Waals surface area contributed by atoms with Crippen molar-refractivity contribution in [1.29, 1.82) is 0 Å². The molecule has 0 saturated carbocycles. The first kappa shape index (κ1) is 19.2. The average molecular weight is 421 g/mol. The summed E-state index contributed by atoms with van der Waals surface area (Å²) in [5.74, 6) is -0.355. The molecule has 3 aromatic rings. The normalized spacial score (nSPS) is 11.0. The highest BCUT2D eigenvalue weighted by molar-refractivity contribution is 7.92. The van der Waals surface area contributed by atoms with Crippen molar-refractivity contribution in [3.8, 4) is 0 Å². The number of benzene rings is 3. The SMILES string of the molecule is O=C(Nc1ccc(Cl)cc1)c1ccc(S(=O)(=O)Nc2ccc(Cl)cc2)cc1. The molecule has 8 heteroatoms. The standard InChI is InChI=1S/C19H14Cl2N2O3S/c20-14-3-7-16(8-4-14)22-19(24)13-1-11-18(12-2-13)27(25,26)23-17-9-5-15(21)6-10-17/h1-12,23H,(H,22,24). The number of amides is 1. The fraction of sp³-hybridized carbons (Fsp3) is 0. The van der Waals surface area contributed by atoms with Gasteiger partial charge in [0.2, 0.25) is 0 Å². The van der Waals surface area contributed by atoms with Gasteiger partial charge in [0.15, 0.2) is 0 Å². The van der Waals surface area contributed by atoms with Crippen LogP contribution >= 0.6 is 23.2 Å². The van der Waals surface area contributed by atoms with Crippen LogP contribution in [0, 0.1) is 0 Å². The summed E-state index contributed by atoms with van der Waals surface area (Å²) in [5.41, 5.74) is 1.31. The van der Waals surface area contributed by atoms with E-state index in [9.17, 15) is 13.2 Å². The number of hydrogen-bond acceptors (Lipinski definition) is 3. The van der Waals surface area contributed by atoms with Crippen molar-refractivity contribution in [1.82, 2.24) is 0 Å². The number of hydrogen-bond donors (Lipinski definition) is 2. The number of nitrogens with one attached hydrogen (secondary N) is 2. The second kappa shape index (κ2) is 8.00. The van der Waals surface area contributed by atoms with E-state index in [4.69, 9.17) is 23.2 Å². The van der Waals surface area contributed by atoms with Crippen LogP contribution in [0.5, 0.6) is 0 Å². The van der Waals surface area contributed by atoms with Crippen LogP contribution in [0.3, 0.4) is 0 Å². The van der Waals surface area contributed by atoms with Gasteiger partial charge in [-0.2, -0.15) is 0 Å². The molecule has 0 unspecified atom stereocenters. The maximum absolute atomic E-state index is 12.4. The van der Waals surface area contributed by atoms with E-state index in [1.807, 2.05) is 0 Å². The monoisotopic (exact) mass is 420 g/mol. The Hall–Kier alpha value is -2.54. The molecule has 3 aromatic carbocycles. The van der Waals surface area contributed by atoms with Gasteiger partial charge in [-0.25, -0.2) is 8.42 Å². The Kier molecular flexibility index (Phi) is 5.70. The van der Waals surface area contributed by atoms with E-state index in [1.165, 1.54) is 24.3 Å². The van der Waals surface area contributed by atoms with Gasteiger partial charge in [0, 0.05) is 27.0 Å². The first-order chi connectivity index (χ1) is 12.8. The minimum atomic E-state index is -3.77. The van der Waals surface area contributed by atoms with E-state index in [0.717, 1.165) is 0 Å². The van der Waals surface area contributed by atoms with E-state index in [-0.39, 0.29) is 10.8 Å². The zero-order valence-electron chi connectivity index (χ0n) is 13.8. The molecule has 0 fully saturated rings. The average Bonchev–Trinajstić information content (AvgIpc) is 2.65. The van der Waals surface area contributed by atoms with E-state index in [2.05, 4.69) is 10.0 Å². The summed E-state index contributed by atoms with van der Waals surface area (Å²) in [6, 6.07) is 18.6. The zero-order chi connectivity index (χ0) is 19.4. The highest BCUT2D eigenvalue weighted by atomic mass is 35.5. The third kappa shape index (κ3) is 5.01. The van der Waals surface area contributed by atoms with Gasteiger partial charge >= 0.3 is 0 Å². The largest absolute Gasteiger partial charge is 0.322 e. The molecule has 0 radical (unpaired) electrons. The molecule has 0 aliphatic heterocycles. The lowest BCUT2D eigenvalue weighted by Crippen LogP contribution is -2.14. The maximum atomic E-state index is 12.4. The molecule has 0 atom stereocenters. The highest BCUT2D eigenvalue weighted by Gasteiger charge is 2.15. The number of carbonyl (C=O) groups excluding carboxylic acids is 1. The van der Waals surface area contributed by atoms with Gasteiger partial charge in [0.05, 0.1) is 4.90 Å². The molecule has 0 aromatic heterocycles. The fourth-order valence-corrected chi connectivity index (χ4v) is 3.56. The Balaban J connectivity index is 1.72. The van der Waals surface area contributed by atoms with Crippen molar-refractivity contribution in [3.63, 3.8) is 0 Å². The summed E-state index contributed by atoms with van der Waals surface area (Å²) < 4.78 is 27.3. The molecular weight excluding hydrogens is 407 g/mol. The smallest absolute Gasteiger partial charge is 0.261 e. The van der Waals surface area contributed by atoms with Gasteiger partial charge in [0.25, 0.3) is 15.9 Å².